The minimum Gasteiger partial charge on any atom is -0.389 e. The SMILES string of the molecule is CCCCCC(=O)NC(c1ccccc1)[C@H]1[C@H]2C[C@@H]3C[C@](Cl)(C2)C[C@@]1(O)C3. The highest BCUT2D eigenvalue weighted by Gasteiger charge is 2.63. The third kappa shape index (κ3) is 3.78. The predicted molar refractivity (Wildman–Crippen MR) is 109 cm³/mol. The summed E-state index contributed by atoms with van der Waals surface area (Å²) < 4.78 is 0. The van der Waals surface area contributed by atoms with Gasteiger partial charge in [0.1, 0.15) is 0 Å². The van der Waals surface area contributed by atoms with Gasteiger partial charge in [0.05, 0.1) is 11.6 Å². The Labute approximate surface area is 167 Å². The van der Waals surface area contributed by atoms with Gasteiger partial charge in [0.2, 0.25) is 5.91 Å². The molecule has 2 N–H and O–H groups in total. The van der Waals surface area contributed by atoms with Crippen LogP contribution in [0.3, 0.4) is 0 Å². The van der Waals surface area contributed by atoms with E-state index in [0.29, 0.717) is 24.7 Å². The van der Waals surface area contributed by atoms with Crippen LogP contribution in [0.2, 0.25) is 0 Å². The summed E-state index contributed by atoms with van der Waals surface area (Å²) in [5.41, 5.74) is 0.346. The Morgan fingerprint density at radius 3 is 2.70 bits per heavy atom. The molecular weight excluding hydrogens is 358 g/mol. The van der Waals surface area contributed by atoms with Gasteiger partial charge in [0.15, 0.2) is 0 Å². The van der Waals surface area contributed by atoms with E-state index in [1.807, 2.05) is 18.2 Å². The van der Waals surface area contributed by atoms with E-state index < -0.39 is 5.60 Å². The fourth-order valence-electron chi connectivity index (χ4n) is 6.46. The molecule has 0 aliphatic heterocycles. The molecule has 0 radical (unpaired) electrons. The van der Waals surface area contributed by atoms with Crippen molar-refractivity contribution in [3.63, 3.8) is 0 Å². The number of hydrogen-bond donors (Lipinski definition) is 2. The summed E-state index contributed by atoms with van der Waals surface area (Å²) in [6.07, 6.45) is 8.31. The molecule has 0 spiro atoms. The molecular formula is C23H32ClNO2. The maximum atomic E-state index is 12.7. The third-order valence-electron chi connectivity index (χ3n) is 7.15. The molecule has 4 heteroatoms. The van der Waals surface area contributed by atoms with E-state index >= 15 is 0 Å². The Hall–Kier alpha value is -1.06. The van der Waals surface area contributed by atoms with Crippen LogP contribution in [-0.2, 0) is 4.79 Å². The standard InChI is InChI=1S/C23H32ClNO2/c1-2-3-5-10-19(26)25-21(17-8-6-4-7-9-17)20-18-11-16-12-22(24,14-18)15-23(20,27)13-16/h4,6-9,16,18,20-21,27H,2-3,5,10-15H2,1H3,(H,25,26)/t16-,18+,20-,21?,22+,23+/m1/s1. The summed E-state index contributed by atoms with van der Waals surface area (Å²) in [6, 6.07) is 10.1. The second kappa shape index (κ2) is 7.40. The topological polar surface area (TPSA) is 49.3 Å². The molecule has 4 bridgehead atoms. The summed E-state index contributed by atoms with van der Waals surface area (Å²) in [5, 5.41) is 15.0. The summed E-state index contributed by atoms with van der Waals surface area (Å²) in [4.78, 5) is 12.5. The normalized spacial score (nSPS) is 38.0. The zero-order chi connectivity index (χ0) is 19.1. The number of halogens is 1. The van der Waals surface area contributed by atoms with Crippen molar-refractivity contribution in [3.05, 3.63) is 35.9 Å². The number of aliphatic hydroxyl groups is 1. The molecule has 0 saturated heterocycles. The van der Waals surface area contributed by atoms with Crippen molar-refractivity contribution in [2.75, 3.05) is 0 Å². The highest BCUT2D eigenvalue weighted by Crippen LogP contribution is 2.64. The summed E-state index contributed by atoms with van der Waals surface area (Å²) in [5.74, 6) is 1.08. The van der Waals surface area contributed by atoms with Crippen molar-refractivity contribution >= 4 is 17.5 Å². The van der Waals surface area contributed by atoms with Gasteiger partial charge < -0.3 is 10.4 Å². The Morgan fingerprint density at radius 1 is 1.26 bits per heavy atom. The van der Waals surface area contributed by atoms with Gasteiger partial charge in [0.25, 0.3) is 0 Å². The summed E-state index contributed by atoms with van der Waals surface area (Å²) >= 11 is 6.88. The van der Waals surface area contributed by atoms with Gasteiger partial charge in [-0.25, -0.2) is 0 Å². The number of rotatable bonds is 7. The Balaban J connectivity index is 1.60. The number of alkyl halides is 1. The molecule has 6 atom stereocenters. The van der Waals surface area contributed by atoms with Crippen LogP contribution in [0.4, 0.5) is 0 Å². The average Bonchev–Trinajstić information content (AvgIpc) is 2.59. The molecule has 1 aromatic carbocycles. The molecule has 3 nitrogen and oxygen atoms in total. The van der Waals surface area contributed by atoms with Crippen molar-refractivity contribution in [1.29, 1.82) is 0 Å². The molecule has 4 aliphatic carbocycles. The van der Waals surface area contributed by atoms with Crippen molar-refractivity contribution in [2.24, 2.45) is 17.8 Å². The van der Waals surface area contributed by atoms with Crippen molar-refractivity contribution in [2.45, 2.75) is 81.2 Å². The lowest BCUT2D eigenvalue weighted by molar-refractivity contribution is -0.175. The van der Waals surface area contributed by atoms with Crippen molar-refractivity contribution in [3.8, 4) is 0 Å². The lowest BCUT2D eigenvalue weighted by Crippen LogP contribution is -2.64. The van der Waals surface area contributed by atoms with E-state index in [1.165, 1.54) is 0 Å². The molecule has 0 heterocycles. The fourth-order valence-corrected chi connectivity index (χ4v) is 7.10. The van der Waals surface area contributed by atoms with Gasteiger partial charge in [-0.05, 0) is 55.9 Å². The monoisotopic (exact) mass is 389 g/mol. The fraction of sp³-hybridized carbons (Fsp3) is 0.696. The average molecular weight is 390 g/mol. The summed E-state index contributed by atoms with van der Waals surface area (Å²) in [7, 11) is 0. The van der Waals surface area contributed by atoms with Gasteiger partial charge in [-0.3, -0.25) is 4.79 Å². The molecule has 4 fully saturated rings. The highest BCUT2D eigenvalue weighted by molar-refractivity contribution is 6.24. The van der Waals surface area contributed by atoms with Crippen LogP contribution in [0, 0.1) is 17.8 Å². The Kier molecular flexibility index (Phi) is 5.28. The number of carbonyl (C=O) groups is 1. The first kappa shape index (κ1) is 19.3. The largest absolute Gasteiger partial charge is 0.389 e. The number of hydrogen-bond acceptors (Lipinski definition) is 2. The number of amides is 1. The first-order valence-corrected chi connectivity index (χ1v) is 11.1. The molecule has 27 heavy (non-hydrogen) atoms. The van der Waals surface area contributed by atoms with Gasteiger partial charge in [-0.15, -0.1) is 11.6 Å². The van der Waals surface area contributed by atoms with Crippen molar-refractivity contribution < 1.29 is 9.90 Å². The molecule has 1 aromatic rings. The van der Waals surface area contributed by atoms with Crippen LogP contribution in [0.15, 0.2) is 30.3 Å². The Morgan fingerprint density at radius 2 is 2.04 bits per heavy atom. The lowest BCUT2D eigenvalue weighted by atomic mass is 9.47. The Bertz CT molecular complexity index is 680. The first-order chi connectivity index (χ1) is 12.9. The third-order valence-corrected chi connectivity index (χ3v) is 7.60. The molecule has 1 unspecified atom stereocenters. The highest BCUT2D eigenvalue weighted by atomic mass is 35.5. The maximum absolute atomic E-state index is 12.7. The quantitative estimate of drug-likeness (QED) is 0.510. The van der Waals surface area contributed by atoms with E-state index in [9.17, 15) is 9.90 Å². The van der Waals surface area contributed by atoms with E-state index in [2.05, 4.69) is 24.4 Å². The molecule has 148 valence electrons. The second-order valence-electron chi connectivity index (χ2n) is 9.34. The predicted octanol–water partition coefficient (Wildman–Crippen LogP) is 4.97. The minimum atomic E-state index is -0.761. The maximum Gasteiger partial charge on any atom is 0.220 e. The van der Waals surface area contributed by atoms with E-state index in [4.69, 9.17) is 11.6 Å². The molecule has 4 aliphatic rings. The van der Waals surface area contributed by atoms with Gasteiger partial charge in [-0.2, -0.15) is 0 Å². The number of benzene rings is 1. The smallest absolute Gasteiger partial charge is 0.220 e. The second-order valence-corrected chi connectivity index (χ2v) is 10.1. The van der Waals surface area contributed by atoms with Gasteiger partial charge in [0, 0.05) is 17.2 Å². The number of carbonyl (C=O) groups excluding carboxylic acids is 1. The zero-order valence-corrected chi connectivity index (χ0v) is 17.0. The van der Waals surface area contributed by atoms with Gasteiger partial charge >= 0.3 is 0 Å². The summed E-state index contributed by atoms with van der Waals surface area (Å²) in [6.45, 7) is 2.15. The van der Waals surface area contributed by atoms with Crippen LogP contribution in [0.5, 0.6) is 0 Å². The molecule has 1 amide bonds. The van der Waals surface area contributed by atoms with Gasteiger partial charge in [-0.1, -0.05) is 50.1 Å². The van der Waals surface area contributed by atoms with Crippen LogP contribution in [0.25, 0.3) is 0 Å². The minimum absolute atomic E-state index is 0.0541. The van der Waals surface area contributed by atoms with E-state index in [-0.39, 0.29) is 22.7 Å². The van der Waals surface area contributed by atoms with Crippen LogP contribution < -0.4 is 5.32 Å². The number of unbranched alkanes of at least 4 members (excludes halogenated alkanes) is 2. The van der Waals surface area contributed by atoms with E-state index in [1.54, 1.807) is 0 Å². The zero-order valence-electron chi connectivity index (χ0n) is 16.3. The molecule has 4 saturated carbocycles. The molecule has 5 rings (SSSR count). The van der Waals surface area contributed by atoms with Crippen LogP contribution >= 0.6 is 11.6 Å². The molecule has 0 aromatic heterocycles. The van der Waals surface area contributed by atoms with Crippen molar-refractivity contribution in [1.82, 2.24) is 5.32 Å². The van der Waals surface area contributed by atoms with Crippen LogP contribution in [0.1, 0.15) is 76.3 Å². The van der Waals surface area contributed by atoms with Crippen LogP contribution in [-0.4, -0.2) is 21.5 Å². The first-order valence-electron chi connectivity index (χ1n) is 10.7. The van der Waals surface area contributed by atoms with E-state index in [0.717, 1.165) is 50.5 Å². The number of nitrogens with one attached hydrogen (secondary N) is 1. The lowest BCUT2D eigenvalue weighted by Gasteiger charge is -2.63.